The van der Waals surface area contributed by atoms with E-state index in [1.165, 1.54) is 51.4 Å². The maximum atomic E-state index is 14.2. The van der Waals surface area contributed by atoms with Crippen molar-refractivity contribution in [3.63, 3.8) is 0 Å². The average molecular weight is 468 g/mol. The maximum Gasteiger partial charge on any atom is 0.334 e. The summed E-state index contributed by atoms with van der Waals surface area (Å²) in [6.07, 6.45) is 16.2. The van der Waals surface area contributed by atoms with E-state index >= 15 is 0 Å². The van der Waals surface area contributed by atoms with E-state index in [9.17, 15) is 8.42 Å². The van der Waals surface area contributed by atoms with Crippen molar-refractivity contribution >= 4 is 9.84 Å². The van der Waals surface area contributed by atoms with E-state index in [0.29, 0.717) is 29.6 Å². The first-order valence-corrected chi connectivity index (χ1v) is 15.1. The summed E-state index contributed by atoms with van der Waals surface area (Å²) in [6, 6.07) is 7.26. The second-order valence-corrected chi connectivity index (χ2v) is 14.3. The van der Waals surface area contributed by atoms with Gasteiger partial charge in [-0.25, -0.2) is 15.0 Å². The van der Waals surface area contributed by atoms with Gasteiger partial charge in [-0.2, -0.15) is 0 Å². The average Bonchev–Trinajstić information content (AvgIpc) is 3.41. The summed E-state index contributed by atoms with van der Waals surface area (Å²) in [5.41, 5.74) is 1.06. The molecule has 4 aliphatic carbocycles. The fourth-order valence-electron chi connectivity index (χ4n) is 8.34. The van der Waals surface area contributed by atoms with Gasteiger partial charge in [0.05, 0.1) is 4.90 Å². The minimum absolute atomic E-state index is 0.356. The topological polar surface area (TPSA) is 38.5 Å². The molecule has 4 heteroatoms. The first-order chi connectivity index (χ1) is 15.9. The highest BCUT2D eigenvalue weighted by Gasteiger charge is 2.56. The first-order valence-electron chi connectivity index (χ1n) is 13.6. The van der Waals surface area contributed by atoms with E-state index in [2.05, 4.69) is 4.85 Å². The predicted molar refractivity (Wildman–Crippen MR) is 133 cm³/mol. The van der Waals surface area contributed by atoms with Crippen molar-refractivity contribution < 1.29 is 8.42 Å². The van der Waals surface area contributed by atoms with E-state index in [4.69, 9.17) is 6.57 Å². The Balaban J connectivity index is 1.44. The largest absolute Gasteiger partial charge is 0.334 e. The Hall–Kier alpha value is -1.34. The zero-order valence-electron chi connectivity index (χ0n) is 20.3. The molecule has 0 N–H and O–H groups in total. The van der Waals surface area contributed by atoms with Crippen LogP contribution in [0.2, 0.25) is 0 Å². The van der Waals surface area contributed by atoms with Gasteiger partial charge in [0.1, 0.15) is 0 Å². The maximum absolute atomic E-state index is 14.2. The van der Waals surface area contributed by atoms with E-state index in [1.807, 2.05) is 19.1 Å². The lowest BCUT2D eigenvalue weighted by Crippen LogP contribution is -2.39. The number of rotatable bonds is 6. The number of benzene rings is 1. The van der Waals surface area contributed by atoms with Gasteiger partial charge in [0.15, 0.2) is 0 Å². The van der Waals surface area contributed by atoms with Crippen molar-refractivity contribution in [3.8, 4) is 0 Å². The number of fused-ring (bicyclic) bond motifs is 2. The lowest BCUT2D eigenvalue weighted by molar-refractivity contribution is 0.277. The molecule has 180 valence electrons. The van der Waals surface area contributed by atoms with Crippen LogP contribution >= 0.6 is 0 Å². The molecule has 5 rings (SSSR count). The molecule has 0 spiro atoms. The normalized spacial score (nSPS) is 35.9. The van der Waals surface area contributed by atoms with Crippen LogP contribution in [0, 0.1) is 49.0 Å². The predicted octanol–water partition coefficient (Wildman–Crippen LogP) is 7.60. The summed E-state index contributed by atoms with van der Waals surface area (Å²) in [5, 5.41) is 0. The Bertz CT molecular complexity index is 914. The van der Waals surface area contributed by atoms with Crippen molar-refractivity contribution in [2.45, 2.75) is 107 Å². The van der Waals surface area contributed by atoms with Crippen LogP contribution in [0.4, 0.5) is 0 Å². The monoisotopic (exact) mass is 467 g/mol. The molecule has 0 radical (unpaired) electrons. The number of sulfone groups is 1. The smallest absolute Gasteiger partial charge is 0.293 e. The molecule has 0 saturated heterocycles. The molecular formula is C29H41NO2S. The van der Waals surface area contributed by atoms with Crippen molar-refractivity contribution in [2.24, 2.45) is 35.5 Å². The highest BCUT2D eigenvalue weighted by Crippen LogP contribution is 2.53. The molecule has 4 atom stereocenters. The molecule has 0 aromatic heterocycles. The Morgan fingerprint density at radius 3 is 1.55 bits per heavy atom. The number of aryl methyl sites for hydroxylation is 1. The molecule has 4 aliphatic rings. The Labute approximate surface area is 201 Å². The molecule has 0 amide bonds. The third-order valence-corrected chi connectivity index (χ3v) is 12.2. The van der Waals surface area contributed by atoms with Gasteiger partial charge in [0.2, 0.25) is 0 Å². The van der Waals surface area contributed by atoms with E-state index < -0.39 is 14.7 Å². The summed E-state index contributed by atoms with van der Waals surface area (Å²) in [4.78, 5) is 3.18. The van der Waals surface area contributed by atoms with Crippen LogP contribution in [0.15, 0.2) is 29.2 Å². The Kier molecular flexibility index (Phi) is 6.64. The van der Waals surface area contributed by atoms with Crippen molar-refractivity contribution in [2.75, 3.05) is 0 Å². The fourth-order valence-corrected chi connectivity index (χ4v) is 10.3. The molecule has 0 heterocycles. The molecule has 0 bridgehead atoms. The van der Waals surface area contributed by atoms with E-state index in [-0.39, 0.29) is 0 Å². The first kappa shape index (κ1) is 23.4. The summed E-state index contributed by atoms with van der Waals surface area (Å²) in [6.45, 7) is 10.3. The summed E-state index contributed by atoms with van der Waals surface area (Å²) in [5.74, 6) is 3.84. The molecule has 4 unspecified atom stereocenters. The molecule has 33 heavy (non-hydrogen) atoms. The van der Waals surface area contributed by atoms with E-state index in [0.717, 1.165) is 54.9 Å². The second kappa shape index (κ2) is 9.37. The van der Waals surface area contributed by atoms with Gasteiger partial charge in [-0.15, -0.1) is 0 Å². The van der Waals surface area contributed by atoms with Gasteiger partial charge in [-0.1, -0.05) is 69.1 Å². The summed E-state index contributed by atoms with van der Waals surface area (Å²) >= 11 is 0. The van der Waals surface area contributed by atoms with Crippen molar-refractivity contribution in [3.05, 3.63) is 41.2 Å². The van der Waals surface area contributed by atoms with Gasteiger partial charge in [0.25, 0.3) is 9.84 Å². The molecule has 1 aromatic carbocycles. The third kappa shape index (κ3) is 4.52. The van der Waals surface area contributed by atoms with Crippen LogP contribution in [-0.4, -0.2) is 13.3 Å². The van der Waals surface area contributed by atoms with Crippen LogP contribution in [0.5, 0.6) is 0 Å². The van der Waals surface area contributed by atoms with Crippen molar-refractivity contribution in [1.82, 2.24) is 0 Å². The lowest BCUT2D eigenvalue weighted by atomic mass is 9.82. The zero-order chi connectivity index (χ0) is 23.1. The molecule has 4 saturated carbocycles. The van der Waals surface area contributed by atoms with Gasteiger partial charge in [0, 0.05) is 12.8 Å². The highest BCUT2D eigenvalue weighted by atomic mass is 32.2. The van der Waals surface area contributed by atoms with Crippen LogP contribution < -0.4 is 0 Å². The van der Waals surface area contributed by atoms with Crippen molar-refractivity contribution in [1.29, 1.82) is 0 Å². The summed E-state index contributed by atoms with van der Waals surface area (Å²) < 4.78 is 28.4. The Morgan fingerprint density at radius 1 is 0.788 bits per heavy atom. The number of nitrogens with zero attached hydrogens (tertiary/aromatic N) is 1. The molecular weight excluding hydrogens is 426 g/mol. The second-order valence-electron chi connectivity index (χ2n) is 12.1. The SMILES string of the molecule is [C-]#[N+]C(CC1CC2CCCCC2C1)(CC1CC2CCCCC2C1)S(=O)(=O)c1ccc(C)cc1. The third-order valence-electron chi connectivity index (χ3n) is 9.93. The highest BCUT2D eigenvalue weighted by molar-refractivity contribution is 7.93. The molecule has 1 aromatic rings. The number of hydrogen-bond donors (Lipinski definition) is 0. The van der Waals surface area contributed by atoms with Crippen LogP contribution in [0.1, 0.15) is 95.5 Å². The molecule has 3 nitrogen and oxygen atoms in total. The van der Waals surface area contributed by atoms with Gasteiger partial charge >= 0.3 is 4.87 Å². The summed E-state index contributed by atoms with van der Waals surface area (Å²) in [7, 11) is -3.72. The Morgan fingerprint density at radius 2 is 1.18 bits per heavy atom. The number of hydrogen-bond acceptors (Lipinski definition) is 2. The minimum Gasteiger partial charge on any atom is -0.293 e. The zero-order valence-corrected chi connectivity index (χ0v) is 21.2. The van der Waals surface area contributed by atoms with Gasteiger partial charge < -0.3 is 0 Å². The van der Waals surface area contributed by atoms with Crippen LogP contribution in [-0.2, 0) is 9.84 Å². The minimum atomic E-state index is -3.72. The van der Waals surface area contributed by atoms with E-state index in [1.54, 1.807) is 12.1 Å². The standard InChI is InChI=1S/C29H41NO2S/c1-21-11-13-28(14-12-21)33(31,32)29(30-2,19-22-15-24-7-3-4-8-25(24)16-22)20-23-17-26-9-5-6-10-27(26)18-23/h11-14,22-27H,3-10,15-20H2,1H3. The van der Waals surface area contributed by atoms with Gasteiger partial charge in [-0.3, -0.25) is 4.85 Å². The quantitative estimate of drug-likeness (QED) is 0.404. The van der Waals surface area contributed by atoms with Crippen LogP contribution in [0.25, 0.3) is 4.85 Å². The molecule has 4 fully saturated rings. The van der Waals surface area contributed by atoms with Crippen LogP contribution in [0.3, 0.4) is 0 Å². The molecule has 0 aliphatic heterocycles. The van der Waals surface area contributed by atoms with Gasteiger partial charge in [-0.05, 0) is 80.2 Å². The lowest BCUT2D eigenvalue weighted by Gasteiger charge is -2.28. The fraction of sp³-hybridized carbons (Fsp3) is 0.759.